The number of aromatic nitrogens is 2. The van der Waals surface area contributed by atoms with E-state index in [1.807, 2.05) is 24.3 Å². The zero-order valence-corrected chi connectivity index (χ0v) is 12.4. The van der Waals surface area contributed by atoms with Crippen LogP contribution in [0.2, 0.25) is 0 Å². The molecule has 4 rings (SSSR count). The second kappa shape index (κ2) is 5.37. The van der Waals surface area contributed by atoms with Crippen LogP contribution in [0.1, 0.15) is 17.0 Å². The van der Waals surface area contributed by atoms with Crippen LogP contribution in [-0.4, -0.2) is 48.3 Å². The van der Waals surface area contributed by atoms with E-state index in [0.29, 0.717) is 18.3 Å². The molecular weight excluding hydrogens is 282 g/mol. The molecule has 1 aliphatic carbocycles. The molecule has 6 nitrogen and oxygen atoms in total. The van der Waals surface area contributed by atoms with Gasteiger partial charge in [0.05, 0.1) is 23.7 Å². The van der Waals surface area contributed by atoms with E-state index in [1.54, 1.807) is 7.11 Å². The number of nitrogens with zero attached hydrogens (tertiary/aromatic N) is 1. The zero-order valence-electron chi connectivity index (χ0n) is 12.4. The summed E-state index contributed by atoms with van der Waals surface area (Å²) in [5.41, 5.74) is 1.67. The maximum Gasteiger partial charge on any atom is 0.287 e. The second-order valence-electron chi connectivity index (χ2n) is 6.01. The minimum Gasteiger partial charge on any atom is -0.384 e. The Kier molecular flexibility index (Phi) is 3.35. The van der Waals surface area contributed by atoms with E-state index in [4.69, 9.17) is 9.47 Å². The van der Waals surface area contributed by atoms with E-state index >= 15 is 0 Å². The van der Waals surface area contributed by atoms with Crippen molar-refractivity contribution in [3.63, 3.8) is 0 Å². The summed E-state index contributed by atoms with van der Waals surface area (Å²) in [7, 11) is 1.68. The Balaban J connectivity index is 1.51. The lowest BCUT2D eigenvalue weighted by Crippen LogP contribution is -2.62. The van der Waals surface area contributed by atoms with E-state index in [-0.39, 0.29) is 24.0 Å². The van der Waals surface area contributed by atoms with Crippen LogP contribution in [0.3, 0.4) is 0 Å². The highest BCUT2D eigenvalue weighted by Crippen LogP contribution is 2.43. The Morgan fingerprint density at radius 1 is 1.50 bits per heavy atom. The Labute approximate surface area is 128 Å². The lowest BCUT2D eigenvalue weighted by molar-refractivity contribution is -0.0810. The standard InChI is InChI=1S/C16H19N3O3/c1-21-8-10-13(9-6-7-22-14(9)10)19-16(20)15-17-11-4-2-3-5-12(11)18-15/h2-5,9-10,13-14H,6-8H2,1H3,(H,17,18)(H,19,20). The molecule has 1 amide bonds. The normalized spacial score (nSPS) is 30.0. The molecule has 2 heterocycles. The molecule has 2 N–H and O–H groups in total. The Bertz CT molecular complexity index is 666. The number of para-hydroxylation sites is 2. The first kappa shape index (κ1) is 13.7. The summed E-state index contributed by atoms with van der Waals surface area (Å²) in [4.78, 5) is 19.9. The van der Waals surface area contributed by atoms with Crippen molar-refractivity contribution in [1.29, 1.82) is 0 Å². The molecule has 1 aliphatic heterocycles. The summed E-state index contributed by atoms with van der Waals surface area (Å²) in [5, 5.41) is 3.11. The second-order valence-corrected chi connectivity index (χ2v) is 6.01. The number of H-pyrrole nitrogens is 1. The van der Waals surface area contributed by atoms with Crippen LogP contribution in [0.15, 0.2) is 24.3 Å². The number of aromatic amines is 1. The van der Waals surface area contributed by atoms with Crippen molar-refractivity contribution in [2.75, 3.05) is 20.3 Å². The molecule has 6 heteroatoms. The van der Waals surface area contributed by atoms with Gasteiger partial charge in [-0.2, -0.15) is 0 Å². The Hall–Kier alpha value is -1.92. The average Bonchev–Trinajstić information content (AvgIpc) is 3.14. The average molecular weight is 301 g/mol. The van der Waals surface area contributed by atoms with Gasteiger partial charge < -0.3 is 19.8 Å². The van der Waals surface area contributed by atoms with Gasteiger partial charge in [0, 0.05) is 31.6 Å². The first-order valence-electron chi connectivity index (χ1n) is 7.64. The van der Waals surface area contributed by atoms with Crippen LogP contribution in [0, 0.1) is 11.8 Å². The summed E-state index contributed by atoms with van der Waals surface area (Å²) in [6.07, 6.45) is 1.22. The molecular formula is C16H19N3O3. The fraction of sp³-hybridized carbons (Fsp3) is 0.500. The SMILES string of the molecule is COCC1C(NC(=O)c2nc3ccccc3[nH]2)C2CCOC21. The largest absolute Gasteiger partial charge is 0.384 e. The minimum absolute atomic E-state index is 0.105. The molecule has 1 saturated carbocycles. The third-order valence-electron chi connectivity index (χ3n) is 4.79. The molecule has 116 valence electrons. The maximum atomic E-state index is 12.5. The smallest absolute Gasteiger partial charge is 0.287 e. The third-order valence-corrected chi connectivity index (χ3v) is 4.79. The highest BCUT2D eigenvalue weighted by molar-refractivity contribution is 5.94. The first-order chi connectivity index (χ1) is 10.8. The van der Waals surface area contributed by atoms with Gasteiger partial charge >= 0.3 is 0 Å². The van der Waals surface area contributed by atoms with Crippen molar-refractivity contribution in [2.45, 2.75) is 18.6 Å². The van der Waals surface area contributed by atoms with Gasteiger partial charge in [0.25, 0.3) is 5.91 Å². The molecule has 22 heavy (non-hydrogen) atoms. The molecule has 1 aromatic heterocycles. The molecule has 4 unspecified atom stereocenters. The predicted molar refractivity (Wildman–Crippen MR) is 80.6 cm³/mol. The minimum atomic E-state index is -0.160. The number of nitrogens with one attached hydrogen (secondary N) is 2. The molecule has 4 atom stereocenters. The van der Waals surface area contributed by atoms with Gasteiger partial charge in [-0.05, 0) is 18.6 Å². The van der Waals surface area contributed by atoms with Crippen molar-refractivity contribution < 1.29 is 14.3 Å². The summed E-state index contributed by atoms with van der Waals surface area (Å²) in [5.74, 6) is 0.826. The summed E-state index contributed by atoms with van der Waals surface area (Å²) in [6.45, 7) is 1.37. The molecule has 0 spiro atoms. The molecule has 0 bridgehead atoms. The number of hydrogen-bond donors (Lipinski definition) is 2. The van der Waals surface area contributed by atoms with Gasteiger partial charge in [0.2, 0.25) is 0 Å². The zero-order chi connectivity index (χ0) is 15.1. The van der Waals surface area contributed by atoms with Crippen LogP contribution in [0.5, 0.6) is 0 Å². The molecule has 2 aromatic rings. The van der Waals surface area contributed by atoms with Gasteiger partial charge in [-0.15, -0.1) is 0 Å². The number of fused-ring (bicyclic) bond motifs is 2. The number of ether oxygens (including phenoxy) is 2. The van der Waals surface area contributed by atoms with Crippen molar-refractivity contribution in [2.24, 2.45) is 11.8 Å². The molecule has 1 saturated heterocycles. The van der Waals surface area contributed by atoms with E-state index in [1.165, 1.54) is 0 Å². The fourth-order valence-corrected chi connectivity index (χ4v) is 3.71. The number of amides is 1. The fourth-order valence-electron chi connectivity index (χ4n) is 3.71. The first-order valence-corrected chi connectivity index (χ1v) is 7.64. The predicted octanol–water partition coefficient (Wildman–Crippen LogP) is 1.34. The van der Waals surface area contributed by atoms with Gasteiger partial charge in [-0.25, -0.2) is 4.98 Å². The van der Waals surface area contributed by atoms with Crippen molar-refractivity contribution in [3.05, 3.63) is 30.1 Å². The van der Waals surface area contributed by atoms with Crippen molar-refractivity contribution in [3.8, 4) is 0 Å². The van der Waals surface area contributed by atoms with Crippen LogP contribution in [0.25, 0.3) is 11.0 Å². The van der Waals surface area contributed by atoms with Gasteiger partial charge in [0.15, 0.2) is 5.82 Å². The quantitative estimate of drug-likeness (QED) is 0.893. The Morgan fingerprint density at radius 2 is 2.36 bits per heavy atom. The summed E-state index contributed by atoms with van der Waals surface area (Å²) < 4.78 is 11.0. The van der Waals surface area contributed by atoms with Crippen molar-refractivity contribution >= 4 is 16.9 Å². The highest BCUT2D eigenvalue weighted by Gasteiger charge is 2.54. The topological polar surface area (TPSA) is 76.2 Å². The number of imidazole rings is 1. The van der Waals surface area contributed by atoms with E-state index in [0.717, 1.165) is 24.1 Å². The van der Waals surface area contributed by atoms with E-state index in [9.17, 15) is 4.79 Å². The van der Waals surface area contributed by atoms with Crippen LogP contribution < -0.4 is 5.32 Å². The number of benzene rings is 1. The highest BCUT2D eigenvalue weighted by atomic mass is 16.5. The Morgan fingerprint density at radius 3 is 3.18 bits per heavy atom. The van der Waals surface area contributed by atoms with Crippen LogP contribution >= 0.6 is 0 Å². The molecule has 0 radical (unpaired) electrons. The molecule has 2 aliphatic rings. The number of carbonyl (C=O) groups excluding carboxylic acids is 1. The lowest BCUT2D eigenvalue weighted by atomic mass is 9.67. The maximum absolute atomic E-state index is 12.5. The molecule has 1 aromatic carbocycles. The van der Waals surface area contributed by atoms with Gasteiger partial charge in [-0.3, -0.25) is 4.79 Å². The lowest BCUT2D eigenvalue weighted by Gasteiger charge is -2.47. The van der Waals surface area contributed by atoms with Crippen LogP contribution in [0.4, 0.5) is 0 Å². The van der Waals surface area contributed by atoms with E-state index in [2.05, 4.69) is 15.3 Å². The number of carbonyl (C=O) groups is 1. The van der Waals surface area contributed by atoms with Gasteiger partial charge in [0.1, 0.15) is 0 Å². The number of hydrogen-bond acceptors (Lipinski definition) is 4. The summed E-state index contributed by atoms with van der Waals surface area (Å²) >= 11 is 0. The monoisotopic (exact) mass is 301 g/mol. The molecule has 2 fully saturated rings. The van der Waals surface area contributed by atoms with E-state index < -0.39 is 0 Å². The number of rotatable bonds is 4. The number of methoxy groups -OCH3 is 1. The van der Waals surface area contributed by atoms with Crippen LogP contribution in [-0.2, 0) is 9.47 Å². The van der Waals surface area contributed by atoms with Gasteiger partial charge in [-0.1, -0.05) is 12.1 Å². The third kappa shape index (κ3) is 2.10. The summed E-state index contributed by atoms with van der Waals surface area (Å²) in [6, 6.07) is 7.74. The van der Waals surface area contributed by atoms with Crippen molar-refractivity contribution in [1.82, 2.24) is 15.3 Å².